The predicted octanol–water partition coefficient (Wildman–Crippen LogP) is 3.93. The van der Waals surface area contributed by atoms with Crippen LogP contribution in [0.3, 0.4) is 0 Å². The Morgan fingerprint density at radius 2 is 1.89 bits per heavy atom. The second kappa shape index (κ2) is 5.09. The lowest BCUT2D eigenvalue weighted by Crippen LogP contribution is -2.02. The third-order valence-corrected chi connectivity index (χ3v) is 3.62. The summed E-state index contributed by atoms with van der Waals surface area (Å²) < 4.78 is 25.0. The molecule has 0 unspecified atom stereocenters. The summed E-state index contributed by atoms with van der Waals surface area (Å²) in [6, 6.07) is 10.3. The maximum absolute atomic E-state index is 13.5. The van der Waals surface area contributed by atoms with Gasteiger partial charge >= 0.3 is 0 Å². The molecule has 1 aliphatic rings. The minimum absolute atomic E-state index is 0.242. The van der Waals surface area contributed by atoms with Gasteiger partial charge in [-0.15, -0.1) is 0 Å². The summed E-state index contributed by atoms with van der Waals surface area (Å²) in [4.78, 5) is 0. The average molecular weight is 324 g/mol. The molecule has 0 saturated carbocycles. The number of para-hydroxylation sites is 1. The fourth-order valence-corrected chi connectivity index (χ4v) is 2.35. The van der Waals surface area contributed by atoms with E-state index in [1.807, 2.05) is 12.1 Å². The van der Waals surface area contributed by atoms with Crippen LogP contribution >= 0.6 is 15.9 Å². The minimum atomic E-state index is -0.264. The number of fused-ring (bicyclic) bond motifs is 1. The van der Waals surface area contributed by atoms with Gasteiger partial charge in [0.25, 0.3) is 0 Å². The molecule has 1 N–H and O–H groups in total. The summed E-state index contributed by atoms with van der Waals surface area (Å²) >= 11 is 3.47. The summed E-state index contributed by atoms with van der Waals surface area (Å²) in [5, 5.41) is 3.06. The Hall–Kier alpha value is -1.75. The van der Waals surface area contributed by atoms with Crippen molar-refractivity contribution in [2.45, 2.75) is 6.54 Å². The molecule has 1 heterocycles. The molecule has 5 heteroatoms. The molecule has 3 rings (SSSR count). The van der Waals surface area contributed by atoms with E-state index in [0.29, 0.717) is 18.0 Å². The summed E-state index contributed by atoms with van der Waals surface area (Å²) in [5.74, 6) is 1.18. The highest BCUT2D eigenvalue weighted by atomic mass is 79.9. The molecule has 0 radical (unpaired) electrons. The van der Waals surface area contributed by atoms with Crippen molar-refractivity contribution in [1.29, 1.82) is 0 Å². The zero-order chi connectivity index (χ0) is 13.2. The lowest BCUT2D eigenvalue weighted by Gasteiger charge is -2.10. The molecule has 0 aromatic heterocycles. The largest absolute Gasteiger partial charge is 0.454 e. The first kappa shape index (κ1) is 12.3. The van der Waals surface area contributed by atoms with Gasteiger partial charge in [-0.3, -0.25) is 0 Å². The number of halogens is 2. The second-order valence-corrected chi connectivity index (χ2v) is 4.98. The molecule has 3 nitrogen and oxygen atoms in total. The topological polar surface area (TPSA) is 30.5 Å². The highest BCUT2D eigenvalue weighted by Crippen LogP contribution is 2.37. The zero-order valence-electron chi connectivity index (χ0n) is 9.95. The summed E-state index contributed by atoms with van der Waals surface area (Å²) in [7, 11) is 0. The lowest BCUT2D eigenvalue weighted by atomic mass is 10.2. The summed E-state index contributed by atoms with van der Waals surface area (Å²) in [6.07, 6.45) is 0. The van der Waals surface area contributed by atoms with E-state index in [1.54, 1.807) is 18.2 Å². The van der Waals surface area contributed by atoms with E-state index in [-0.39, 0.29) is 12.6 Å². The van der Waals surface area contributed by atoms with Crippen LogP contribution < -0.4 is 14.8 Å². The molecular formula is C14H11BrFNO2. The van der Waals surface area contributed by atoms with Gasteiger partial charge in [-0.25, -0.2) is 4.39 Å². The van der Waals surface area contributed by atoms with Crippen LogP contribution in [0.5, 0.6) is 11.5 Å². The third kappa shape index (κ3) is 2.51. The Morgan fingerprint density at radius 1 is 1.16 bits per heavy atom. The molecule has 19 heavy (non-hydrogen) atoms. The first-order valence-corrected chi connectivity index (χ1v) is 6.60. The molecular weight excluding hydrogens is 313 g/mol. The maximum atomic E-state index is 13.5. The van der Waals surface area contributed by atoms with E-state index in [0.717, 1.165) is 15.8 Å². The fourth-order valence-electron chi connectivity index (χ4n) is 1.89. The quantitative estimate of drug-likeness (QED) is 0.928. The Morgan fingerprint density at radius 3 is 2.68 bits per heavy atom. The molecule has 98 valence electrons. The van der Waals surface area contributed by atoms with Gasteiger partial charge in [0.05, 0.1) is 5.69 Å². The van der Waals surface area contributed by atoms with E-state index < -0.39 is 0 Å². The first-order chi connectivity index (χ1) is 9.24. The normalized spacial score (nSPS) is 12.5. The number of hydrogen-bond acceptors (Lipinski definition) is 3. The molecule has 0 aliphatic carbocycles. The number of benzene rings is 2. The number of anilines is 1. The monoisotopic (exact) mass is 323 g/mol. The fraction of sp³-hybridized carbons (Fsp3) is 0.143. The number of rotatable bonds is 3. The summed E-state index contributed by atoms with van der Waals surface area (Å²) in [6.45, 7) is 0.740. The van der Waals surface area contributed by atoms with Crippen LogP contribution in [-0.4, -0.2) is 6.79 Å². The Bertz CT molecular complexity index is 618. The smallest absolute Gasteiger partial charge is 0.231 e. The highest BCUT2D eigenvalue weighted by molar-refractivity contribution is 9.10. The van der Waals surface area contributed by atoms with E-state index in [4.69, 9.17) is 9.47 Å². The van der Waals surface area contributed by atoms with Crippen molar-refractivity contribution in [3.05, 3.63) is 52.3 Å². The van der Waals surface area contributed by atoms with Gasteiger partial charge in [-0.1, -0.05) is 28.1 Å². The standard InChI is InChI=1S/C14H11BrFNO2/c15-10-6-14-13(18-8-19-14)5-9(10)7-17-12-4-2-1-3-11(12)16/h1-6,17H,7-8H2. The zero-order valence-corrected chi connectivity index (χ0v) is 11.5. The summed E-state index contributed by atoms with van der Waals surface area (Å²) in [5.41, 5.74) is 1.46. The molecule has 0 saturated heterocycles. The van der Waals surface area contributed by atoms with E-state index in [9.17, 15) is 4.39 Å². The molecule has 0 amide bonds. The Labute approximate surface area is 118 Å². The van der Waals surface area contributed by atoms with Crippen molar-refractivity contribution >= 4 is 21.6 Å². The molecule has 2 aromatic rings. The number of nitrogens with one attached hydrogen (secondary N) is 1. The van der Waals surface area contributed by atoms with Gasteiger partial charge in [-0.05, 0) is 29.8 Å². The van der Waals surface area contributed by atoms with Gasteiger partial charge in [-0.2, -0.15) is 0 Å². The van der Waals surface area contributed by atoms with Crippen LogP contribution in [0.4, 0.5) is 10.1 Å². The molecule has 0 bridgehead atoms. The van der Waals surface area contributed by atoms with Gasteiger partial charge in [0.2, 0.25) is 6.79 Å². The van der Waals surface area contributed by atoms with Gasteiger partial charge in [0, 0.05) is 11.0 Å². The third-order valence-electron chi connectivity index (χ3n) is 2.88. The maximum Gasteiger partial charge on any atom is 0.231 e. The van der Waals surface area contributed by atoms with Crippen molar-refractivity contribution in [1.82, 2.24) is 0 Å². The van der Waals surface area contributed by atoms with E-state index in [2.05, 4.69) is 21.2 Å². The van der Waals surface area contributed by atoms with Crippen LogP contribution in [0.1, 0.15) is 5.56 Å². The average Bonchev–Trinajstić information content (AvgIpc) is 2.84. The highest BCUT2D eigenvalue weighted by Gasteiger charge is 2.16. The van der Waals surface area contributed by atoms with Crippen LogP contribution in [0.2, 0.25) is 0 Å². The van der Waals surface area contributed by atoms with Crippen LogP contribution in [0.25, 0.3) is 0 Å². The van der Waals surface area contributed by atoms with Gasteiger partial charge in [0.1, 0.15) is 5.82 Å². The Balaban J connectivity index is 1.79. The molecule has 1 aliphatic heterocycles. The van der Waals surface area contributed by atoms with Crippen LogP contribution in [0, 0.1) is 5.82 Å². The minimum Gasteiger partial charge on any atom is -0.454 e. The van der Waals surface area contributed by atoms with Crippen molar-refractivity contribution in [2.24, 2.45) is 0 Å². The van der Waals surface area contributed by atoms with Crippen LogP contribution in [0.15, 0.2) is 40.9 Å². The van der Waals surface area contributed by atoms with Gasteiger partial charge < -0.3 is 14.8 Å². The van der Waals surface area contributed by atoms with Gasteiger partial charge in [0.15, 0.2) is 11.5 Å². The van der Waals surface area contributed by atoms with E-state index in [1.165, 1.54) is 6.07 Å². The van der Waals surface area contributed by atoms with Crippen molar-refractivity contribution in [3.8, 4) is 11.5 Å². The Kier molecular flexibility index (Phi) is 3.29. The van der Waals surface area contributed by atoms with Crippen LogP contribution in [-0.2, 0) is 6.54 Å². The molecule has 0 fully saturated rings. The second-order valence-electron chi connectivity index (χ2n) is 4.13. The first-order valence-electron chi connectivity index (χ1n) is 5.80. The lowest BCUT2D eigenvalue weighted by molar-refractivity contribution is 0.174. The van der Waals surface area contributed by atoms with Crippen molar-refractivity contribution < 1.29 is 13.9 Å². The SMILES string of the molecule is Fc1ccccc1NCc1cc2c(cc1Br)OCO2. The molecule has 0 spiro atoms. The van der Waals surface area contributed by atoms with Crippen molar-refractivity contribution in [3.63, 3.8) is 0 Å². The molecule has 2 aromatic carbocycles. The van der Waals surface area contributed by atoms with E-state index >= 15 is 0 Å². The molecule has 0 atom stereocenters. The number of ether oxygens (including phenoxy) is 2. The number of hydrogen-bond donors (Lipinski definition) is 1. The predicted molar refractivity (Wildman–Crippen MR) is 74.0 cm³/mol. The van der Waals surface area contributed by atoms with Crippen molar-refractivity contribution in [2.75, 3.05) is 12.1 Å².